The number of hydrogen-bond donors (Lipinski definition) is 4. The van der Waals surface area contributed by atoms with E-state index in [2.05, 4.69) is 0 Å². The van der Waals surface area contributed by atoms with Crippen LogP contribution in [-0.4, -0.2) is 16.9 Å². The van der Waals surface area contributed by atoms with Crippen LogP contribution in [0.15, 0.2) is 11.8 Å². The zero-order valence-corrected chi connectivity index (χ0v) is 6.59. The number of carbonyl (C=O) groups is 1. The summed E-state index contributed by atoms with van der Waals surface area (Å²) in [5.74, 6) is -1.82. The van der Waals surface area contributed by atoms with Gasteiger partial charge in [-0.25, -0.2) is 4.79 Å². The Morgan fingerprint density at radius 1 is 1.55 bits per heavy atom. The highest BCUT2D eigenvalue weighted by Gasteiger charge is 2.07. The molecule has 6 N–H and O–H groups in total. The number of aliphatic carboxylic acids is 1. The van der Waals surface area contributed by atoms with Crippen molar-refractivity contribution in [3.8, 4) is 0 Å². The molecule has 0 radical (unpaired) electrons. The third kappa shape index (κ3) is 4.95. The lowest BCUT2D eigenvalue weighted by Gasteiger charge is -1.93. The van der Waals surface area contributed by atoms with E-state index in [1.54, 1.807) is 0 Å². The van der Waals surface area contributed by atoms with Gasteiger partial charge in [0.15, 0.2) is 0 Å². The fraction of sp³-hybridized carbons (Fsp3) is 0.333. The molecule has 0 bridgehead atoms. The molecular weight excluding hydrogens is 146 g/mol. The molecule has 0 spiro atoms. The average Bonchev–Trinajstić information content (AvgIpc) is 1.91. The highest BCUT2D eigenvalue weighted by atomic mass is 16.4. The topological polar surface area (TPSA) is 113 Å². The van der Waals surface area contributed by atoms with E-state index in [-0.39, 0.29) is 5.57 Å². The van der Waals surface area contributed by atoms with E-state index in [1.807, 2.05) is 13.8 Å². The van der Waals surface area contributed by atoms with E-state index in [1.165, 1.54) is 0 Å². The van der Waals surface area contributed by atoms with Crippen molar-refractivity contribution in [2.75, 3.05) is 0 Å². The highest BCUT2D eigenvalue weighted by molar-refractivity contribution is 6.16. The number of nitrogens with two attached hydrogens (primary N) is 2. The molecule has 0 saturated carbocycles. The fourth-order valence-electron chi connectivity index (χ4n) is 0.276. The standard InChI is InChI=1S/C4H7N3O2.C2H6/c5-1-2(3(6)7)4(8)9;1-2/h1H,5H2,(H3,6,7)(H,8,9);1-2H3/b2-1+;. The van der Waals surface area contributed by atoms with Gasteiger partial charge in [0, 0.05) is 6.20 Å². The van der Waals surface area contributed by atoms with Crippen LogP contribution < -0.4 is 11.5 Å². The normalized spacial score (nSPS) is 9.45. The summed E-state index contributed by atoms with van der Waals surface area (Å²) in [6.45, 7) is 4.00. The predicted molar refractivity (Wildman–Crippen MR) is 43.2 cm³/mol. The van der Waals surface area contributed by atoms with Crippen molar-refractivity contribution < 1.29 is 9.90 Å². The van der Waals surface area contributed by atoms with E-state index >= 15 is 0 Å². The minimum atomic E-state index is -1.29. The van der Waals surface area contributed by atoms with Gasteiger partial charge in [0.25, 0.3) is 0 Å². The van der Waals surface area contributed by atoms with E-state index in [9.17, 15) is 4.79 Å². The summed E-state index contributed by atoms with van der Waals surface area (Å²) in [6, 6.07) is 0. The molecule has 0 aromatic carbocycles. The molecule has 0 aliphatic rings. The van der Waals surface area contributed by atoms with Crippen LogP contribution >= 0.6 is 0 Å². The van der Waals surface area contributed by atoms with Gasteiger partial charge < -0.3 is 16.6 Å². The lowest BCUT2D eigenvalue weighted by molar-refractivity contribution is -0.132. The van der Waals surface area contributed by atoms with Gasteiger partial charge in [0.05, 0.1) is 0 Å². The van der Waals surface area contributed by atoms with Crippen LogP contribution in [0.5, 0.6) is 0 Å². The second-order valence-corrected chi connectivity index (χ2v) is 1.30. The molecule has 0 amide bonds. The number of nitrogens with one attached hydrogen (secondary N) is 1. The van der Waals surface area contributed by atoms with Gasteiger partial charge in [-0.05, 0) is 0 Å². The first-order valence-corrected chi connectivity index (χ1v) is 3.09. The maximum Gasteiger partial charge on any atom is 0.340 e. The van der Waals surface area contributed by atoms with Gasteiger partial charge in [-0.1, -0.05) is 13.8 Å². The third-order valence-electron chi connectivity index (χ3n) is 0.687. The van der Waals surface area contributed by atoms with Crippen molar-refractivity contribution in [3.63, 3.8) is 0 Å². The first-order chi connectivity index (χ1) is 5.09. The highest BCUT2D eigenvalue weighted by Crippen LogP contribution is 1.87. The van der Waals surface area contributed by atoms with Crippen molar-refractivity contribution >= 4 is 11.8 Å². The second kappa shape index (κ2) is 6.60. The second-order valence-electron chi connectivity index (χ2n) is 1.30. The summed E-state index contributed by atoms with van der Waals surface area (Å²) in [5.41, 5.74) is 9.23. The largest absolute Gasteiger partial charge is 0.478 e. The molecule has 0 saturated heterocycles. The Morgan fingerprint density at radius 2 is 1.91 bits per heavy atom. The summed E-state index contributed by atoms with van der Waals surface area (Å²) in [7, 11) is 0. The summed E-state index contributed by atoms with van der Waals surface area (Å²) in [5, 5.41) is 14.8. The van der Waals surface area contributed by atoms with Crippen LogP contribution in [0.2, 0.25) is 0 Å². The number of carboxylic acids is 1. The van der Waals surface area contributed by atoms with Crippen LogP contribution in [0.25, 0.3) is 0 Å². The van der Waals surface area contributed by atoms with E-state index < -0.39 is 11.8 Å². The van der Waals surface area contributed by atoms with Gasteiger partial charge in [-0.15, -0.1) is 0 Å². The number of carboxylic acid groups (broad SMARTS) is 1. The molecule has 5 heteroatoms. The summed E-state index contributed by atoms with van der Waals surface area (Å²) < 4.78 is 0. The van der Waals surface area contributed by atoms with E-state index in [4.69, 9.17) is 22.0 Å². The minimum absolute atomic E-state index is 0.380. The Kier molecular flexibility index (Phi) is 7.31. The molecule has 0 atom stereocenters. The van der Waals surface area contributed by atoms with Crippen molar-refractivity contribution in [3.05, 3.63) is 11.8 Å². The molecule has 0 fully saturated rings. The third-order valence-corrected chi connectivity index (χ3v) is 0.687. The molecule has 11 heavy (non-hydrogen) atoms. The van der Waals surface area contributed by atoms with Crippen molar-refractivity contribution in [2.24, 2.45) is 11.5 Å². The zero-order valence-electron chi connectivity index (χ0n) is 6.59. The van der Waals surface area contributed by atoms with Crippen LogP contribution in [0.3, 0.4) is 0 Å². The summed E-state index contributed by atoms with van der Waals surface area (Å²) in [4.78, 5) is 10.0. The van der Waals surface area contributed by atoms with Gasteiger partial charge in [-0.2, -0.15) is 0 Å². The molecule has 0 aliphatic heterocycles. The Labute approximate surface area is 65.2 Å². The molecule has 64 valence electrons. The van der Waals surface area contributed by atoms with E-state index in [0.29, 0.717) is 0 Å². The molecule has 0 aromatic rings. The maximum absolute atomic E-state index is 10.0. The first kappa shape index (κ1) is 12.2. The molecule has 0 aliphatic carbocycles. The number of hydrogen-bond acceptors (Lipinski definition) is 3. The Bertz CT molecular complexity index is 159. The van der Waals surface area contributed by atoms with Crippen molar-refractivity contribution in [2.45, 2.75) is 13.8 Å². The number of amidine groups is 1. The quantitative estimate of drug-likeness (QED) is 0.255. The van der Waals surface area contributed by atoms with Crippen LogP contribution in [-0.2, 0) is 4.79 Å². The molecule has 0 aromatic heterocycles. The van der Waals surface area contributed by atoms with Gasteiger partial charge in [-0.3, -0.25) is 5.41 Å². The molecule has 0 rings (SSSR count). The average molecular weight is 159 g/mol. The van der Waals surface area contributed by atoms with Crippen LogP contribution in [0, 0.1) is 5.41 Å². The minimum Gasteiger partial charge on any atom is -0.478 e. The fourth-order valence-corrected chi connectivity index (χ4v) is 0.276. The SMILES string of the molecule is CC.N=C(N)/C(=C\N)C(=O)O. The molecule has 0 unspecified atom stereocenters. The zero-order chi connectivity index (χ0) is 9.44. The van der Waals surface area contributed by atoms with Crippen molar-refractivity contribution in [1.82, 2.24) is 0 Å². The summed E-state index contributed by atoms with van der Waals surface area (Å²) >= 11 is 0. The predicted octanol–water partition coefficient (Wildman–Crippen LogP) is -0.124. The van der Waals surface area contributed by atoms with Gasteiger partial charge >= 0.3 is 5.97 Å². The van der Waals surface area contributed by atoms with Gasteiger partial charge in [0.2, 0.25) is 0 Å². The lowest BCUT2D eigenvalue weighted by Crippen LogP contribution is -2.20. The first-order valence-electron chi connectivity index (χ1n) is 3.09. The molecular formula is C6H13N3O2. The summed E-state index contributed by atoms with van der Waals surface area (Å²) in [6.07, 6.45) is 0.782. The van der Waals surface area contributed by atoms with Crippen LogP contribution in [0.4, 0.5) is 0 Å². The molecule has 5 nitrogen and oxygen atoms in total. The van der Waals surface area contributed by atoms with E-state index in [0.717, 1.165) is 6.20 Å². The lowest BCUT2D eigenvalue weighted by atomic mass is 10.3. The van der Waals surface area contributed by atoms with Crippen LogP contribution in [0.1, 0.15) is 13.8 Å². The Morgan fingerprint density at radius 3 is 1.91 bits per heavy atom. The van der Waals surface area contributed by atoms with Crippen molar-refractivity contribution in [1.29, 1.82) is 5.41 Å². The maximum atomic E-state index is 10.0. The Balaban J connectivity index is 0. The monoisotopic (exact) mass is 159 g/mol. The molecule has 0 heterocycles. The Hall–Kier alpha value is -1.52. The smallest absolute Gasteiger partial charge is 0.340 e. The number of rotatable bonds is 2. The van der Waals surface area contributed by atoms with Gasteiger partial charge in [0.1, 0.15) is 11.4 Å².